The molecule has 0 saturated heterocycles. The molecule has 28 heavy (non-hydrogen) atoms. The number of carboxylic acid groups (broad SMARTS) is 1. The fourth-order valence-electron chi connectivity index (χ4n) is 3.79. The highest BCUT2D eigenvalue weighted by atomic mass is 16.5. The van der Waals surface area contributed by atoms with Crippen molar-refractivity contribution in [3.05, 3.63) is 47.0 Å². The van der Waals surface area contributed by atoms with E-state index >= 15 is 0 Å². The van der Waals surface area contributed by atoms with Gasteiger partial charge in [0.15, 0.2) is 0 Å². The molecular formula is C23H29NO4. The third-order valence-electron chi connectivity index (χ3n) is 5.22. The first kappa shape index (κ1) is 20.1. The lowest BCUT2D eigenvalue weighted by molar-refractivity contribution is 0.0996. The first-order valence-electron chi connectivity index (χ1n) is 9.73. The highest BCUT2D eigenvalue weighted by Crippen LogP contribution is 2.44. The van der Waals surface area contributed by atoms with Gasteiger partial charge in [-0.15, -0.1) is 0 Å². The number of aryl methyl sites for hydroxylation is 2. The summed E-state index contributed by atoms with van der Waals surface area (Å²) in [7, 11) is 0. The highest BCUT2D eigenvalue weighted by molar-refractivity contribution is 5.71. The van der Waals surface area contributed by atoms with Crippen LogP contribution in [0.1, 0.15) is 49.9 Å². The Bertz CT molecular complexity index is 865. The Morgan fingerprint density at radius 1 is 1.21 bits per heavy atom. The molecule has 0 aliphatic carbocycles. The molecule has 0 aromatic heterocycles. The van der Waals surface area contributed by atoms with Crippen LogP contribution in [0.15, 0.2) is 30.3 Å². The van der Waals surface area contributed by atoms with Gasteiger partial charge >= 0.3 is 6.09 Å². The van der Waals surface area contributed by atoms with Crippen molar-refractivity contribution in [2.45, 2.75) is 47.1 Å². The fraction of sp³-hybridized carbons (Fsp3) is 0.435. The Morgan fingerprint density at radius 3 is 2.50 bits per heavy atom. The molecule has 0 spiro atoms. The third kappa shape index (κ3) is 3.93. The molecule has 1 amide bonds. The molecule has 2 N–H and O–H groups in total. The van der Waals surface area contributed by atoms with Crippen LogP contribution in [0.2, 0.25) is 0 Å². The SMILES string of the molecule is CCCOc1c(C)cc(-c2ccc3c(c2)OCC(C)(C)C3NC(=O)O)cc1C. The predicted octanol–water partition coefficient (Wildman–Crippen LogP) is 5.49. The average Bonchev–Trinajstić information content (AvgIpc) is 2.63. The molecule has 1 atom stereocenters. The zero-order chi connectivity index (χ0) is 20.5. The van der Waals surface area contributed by atoms with E-state index in [4.69, 9.17) is 9.47 Å². The molecule has 2 aromatic rings. The molecule has 0 saturated carbocycles. The van der Waals surface area contributed by atoms with E-state index in [0.29, 0.717) is 13.2 Å². The van der Waals surface area contributed by atoms with Gasteiger partial charge in [-0.3, -0.25) is 0 Å². The minimum absolute atomic E-state index is 0.309. The van der Waals surface area contributed by atoms with Gasteiger partial charge in [0.05, 0.1) is 19.3 Å². The van der Waals surface area contributed by atoms with Crippen LogP contribution in [0.3, 0.4) is 0 Å². The molecule has 150 valence electrons. The maximum atomic E-state index is 11.3. The summed E-state index contributed by atoms with van der Waals surface area (Å²) in [6.07, 6.45) is -0.0473. The lowest BCUT2D eigenvalue weighted by Crippen LogP contribution is -2.43. The molecule has 1 aliphatic rings. The standard InChI is InChI=1S/C23H29NO4/c1-6-9-27-20-14(2)10-17(11-15(20)3)16-7-8-18-19(12-16)28-13-23(4,5)21(18)24-22(25)26/h7-8,10-12,21,24H,6,9,13H2,1-5H3,(H,25,26). The minimum atomic E-state index is -1.02. The summed E-state index contributed by atoms with van der Waals surface area (Å²) in [4.78, 5) is 11.3. The van der Waals surface area contributed by atoms with E-state index in [-0.39, 0.29) is 11.5 Å². The Labute approximate surface area is 166 Å². The maximum Gasteiger partial charge on any atom is 0.405 e. The molecule has 0 bridgehead atoms. The summed E-state index contributed by atoms with van der Waals surface area (Å²) in [6, 6.07) is 9.94. The Hall–Kier alpha value is -2.69. The summed E-state index contributed by atoms with van der Waals surface area (Å²) in [5.41, 5.74) is 4.90. The molecule has 5 heteroatoms. The molecule has 1 heterocycles. The van der Waals surface area contributed by atoms with Crippen molar-refractivity contribution in [2.75, 3.05) is 13.2 Å². The van der Waals surface area contributed by atoms with Crippen molar-refractivity contribution >= 4 is 6.09 Å². The largest absolute Gasteiger partial charge is 0.493 e. The molecule has 0 fully saturated rings. The Morgan fingerprint density at radius 2 is 1.89 bits per heavy atom. The van der Waals surface area contributed by atoms with E-state index in [9.17, 15) is 9.90 Å². The minimum Gasteiger partial charge on any atom is -0.493 e. The monoisotopic (exact) mass is 383 g/mol. The summed E-state index contributed by atoms with van der Waals surface area (Å²) < 4.78 is 11.9. The zero-order valence-electron chi connectivity index (χ0n) is 17.3. The number of nitrogens with one attached hydrogen (secondary N) is 1. The molecule has 5 nitrogen and oxygen atoms in total. The van der Waals surface area contributed by atoms with Crippen molar-refractivity contribution in [1.82, 2.24) is 5.32 Å². The summed E-state index contributed by atoms with van der Waals surface area (Å²) in [5, 5.41) is 11.9. The second-order valence-corrected chi connectivity index (χ2v) is 8.20. The molecule has 0 radical (unpaired) electrons. The van der Waals surface area contributed by atoms with Gasteiger partial charge in [0, 0.05) is 11.0 Å². The van der Waals surface area contributed by atoms with Crippen molar-refractivity contribution in [2.24, 2.45) is 5.41 Å². The van der Waals surface area contributed by atoms with E-state index < -0.39 is 6.09 Å². The number of hydrogen-bond acceptors (Lipinski definition) is 3. The summed E-state index contributed by atoms with van der Waals surface area (Å²) in [6.45, 7) is 11.4. The third-order valence-corrected chi connectivity index (χ3v) is 5.22. The first-order valence-corrected chi connectivity index (χ1v) is 9.73. The van der Waals surface area contributed by atoms with Crippen LogP contribution in [0.5, 0.6) is 11.5 Å². The molecular weight excluding hydrogens is 354 g/mol. The molecule has 1 aliphatic heterocycles. The van der Waals surface area contributed by atoms with Crippen LogP contribution in [0, 0.1) is 19.3 Å². The summed E-state index contributed by atoms with van der Waals surface area (Å²) >= 11 is 0. The molecule has 1 unspecified atom stereocenters. The Balaban J connectivity index is 1.97. The lowest BCUT2D eigenvalue weighted by Gasteiger charge is -2.39. The second kappa shape index (κ2) is 7.74. The topological polar surface area (TPSA) is 67.8 Å². The van der Waals surface area contributed by atoms with Gasteiger partial charge in [-0.2, -0.15) is 0 Å². The number of benzene rings is 2. The fourth-order valence-corrected chi connectivity index (χ4v) is 3.79. The number of amides is 1. The van der Waals surface area contributed by atoms with Gasteiger partial charge in [-0.1, -0.05) is 32.9 Å². The number of carbonyl (C=O) groups is 1. The normalized spacial score (nSPS) is 17.4. The van der Waals surface area contributed by atoms with Gasteiger partial charge in [-0.25, -0.2) is 4.79 Å². The van der Waals surface area contributed by atoms with E-state index in [0.717, 1.165) is 45.7 Å². The van der Waals surface area contributed by atoms with E-state index in [1.165, 1.54) is 0 Å². The predicted molar refractivity (Wildman–Crippen MR) is 110 cm³/mol. The van der Waals surface area contributed by atoms with E-state index in [1.54, 1.807) is 0 Å². The first-order chi connectivity index (χ1) is 13.2. The van der Waals surface area contributed by atoms with Crippen molar-refractivity contribution in [1.29, 1.82) is 0 Å². The highest BCUT2D eigenvalue weighted by Gasteiger charge is 2.38. The average molecular weight is 383 g/mol. The van der Waals surface area contributed by atoms with E-state index in [1.807, 2.05) is 32.0 Å². The quantitative estimate of drug-likeness (QED) is 0.717. The van der Waals surface area contributed by atoms with Gasteiger partial charge in [0.2, 0.25) is 0 Å². The van der Waals surface area contributed by atoms with Crippen molar-refractivity contribution in [3.63, 3.8) is 0 Å². The van der Waals surface area contributed by atoms with Crippen LogP contribution in [0.4, 0.5) is 4.79 Å². The van der Waals surface area contributed by atoms with Crippen LogP contribution < -0.4 is 14.8 Å². The van der Waals surface area contributed by atoms with Crippen LogP contribution in [0.25, 0.3) is 11.1 Å². The lowest BCUT2D eigenvalue weighted by atomic mass is 9.78. The van der Waals surface area contributed by atoms with Crippen LogP contribution >= 0.6 is 0 Å². The van der Waals surface area contributed by atoms with Crippen LogP contribution in [-0.2, 0) is 0 Å². The van der Waals surface area contributed by atoms with Gasteiger partial charge in [0.1, 0.15) is 11.5 Å². The van der Waals surface area contributed by atoms with Gasteiger partial charge in [-0.05, 0) is 60.7 Å². The maximum absolute atomic E-state index is 11.3. The zero-order valence-corrected chi connectivity index (χ0v) is 17.3. The molecule has 3 rings (SSSR count). The van der Waals surface area contributed by atoms with Crippen LogP contribution in [-0.4, -0.2) is 24.4 Å². The molecule has 2 aromatic carbocycles. The number of hydrogen-bond donors (Lipinski definition) is 2. The Kier molecular flexibility index (Phi) is 5.54. The second-order valence-electron chi connectivity index (χ2n) is 8.20. The summed E-state index contributed by atoms with van der Waals surface area (Å²) in [5.74, 6) is 1.68. The number of fused-ring (bicyclic) bond motifs is 1. The number of ether oxygens (including phenoxy) is 2. The van der Waals surface area contributed by atoms with Gasteiger partial charge < -0.3 is 19.9 Å². The van der Waals surface area contributed by atoms with Crippen molar-refractivity contribution < 1.29 is 19.4 Å². The number of rotatable bonds is 5. The van der Waals surface area contributed by atoms with E-state index in [2.05, 4.69) is 38.2 Å². The smallest absolute Gasteiger partial charge is 0.405 e. The van der Waals surface area contributed by atoms with Gasteiger partial charge in [0.25, 0.3) is 0 Å². The van der Waals surface area contributed by atoms with Crippen molar-refractivity contribution in [3.8, 4) is 22.6 Å².